The minimum Gasteiger partial charge on any atom is -0.371 e. The highest BCUT2D eigenvalue weighted by Gasteiger charge is 2.08. The zero-order valence-electron chi connectivity index (χ0n) is 8.92. The molecule has 3 nitrogen and oxygen atoms in total. The summed E-state index contributed by atoms with van der Waals surface area (Å²) in [5.74, 6) is 0. The maximum absolute atomic E-state index is 9.93. The van der Waals surface area contributed by atoms with E-state index in [1.54, 1.807) is 0 Å². The molecule has 0 heterocycles. The van der Waals surface area contributed by atoms with Gasteiger partial charge in [-0.05, 0) is 18.3 Å². The van der Waals surface area contributed by atoms with Crippen molar-refractivity contribution in [1.82, 2.24) is 0 Å². The first-order valence-electron chi connectivity index (χ1n) is 4.63. The van der Waals surface area contributed by atoms with E-state index in [-0.39, 0.29) is 0 Å². The van der Waals surface area contributed by atoms with Crippen molar-refractivity contribution in [3.8, 4) is 0 Å². The summed E-state index contributed by atoms with van der Waals surface area (Å²) in [6, 6.07) is 0. The minimum absolute atomic E-state index is 0.433. The topological polar surface area (TPSA) is 57.5 Å². The van der Waals surface area contributed by atoms with Gasteiger partial charge in [-0.15, -0.1) is 0 Å². The molecule has 0 amide bonds. The molecule has 0 aliphatic carbocycles. The van der Waals surface area contributed by atoms with Gasteiger partial charge in [-0.2, -0.15) is 0 Å². The van der Waals surface area contributed by atoms with E-state index in [0.29, 0.717) is 5.41 Å². The van der Waals surface area contributed by atoms with Gasteiger partial charge in [-0.1, -0.05) is 27.2 Å². The standard InChI is InChI=1S/C9H18O.CH4O2/c1-9(2,3)7-5-4-6-8-10;2-1-3/h8H,4-7H2,1-3H3;2-3H,1H2. The predicted molar refractivity (Wildman–Crippen MR) is 53.3 cm³/mol. The number of carbonyl (C=O) groups is 1. The first-order chi connectivity index (χ1) is 5.97. The quantitative estimate of drug-likeness (QED) is 0.403. The van der Waals surface area contributed by atoms with Crippen molar-refractivity contribution in [1.29, 1.82) is 0 Å². The zero-order chi connectivity index (χ0) is 10.7. The van der Waals surface area contributed by atoms with E-state index < -0.39 is 6.79 Å². The van der Waals surface area contributed by atoms with Crippen molar-refractivity contribution in [2.24, 2.45) is 5.41 Å². The fraction of sp³-hybridized carbons (Fsp3) is 0.900. The Morgan fingerprint density at radius 2 is 1.62 bits per heavy atom. The Kier molecular flexibility index (Phi) is 11.2. The highest BCUT2D eigenvalue weighted by Crippen LogP contribution is 2.21. The summed E-state index contributed by atoms with van der Waals surface area (Å²) in [4.78, 5) is 9.93. The number of aldehydes is 1. The molecular formula is C10H22O3. The summed E-state index contributed by atoms with van der Waals surface area (Å²) in [6.45, 7) is 5.94. The van der Waals surface area contributed by atoms with Crippen LogP contribution in [0.3, 0.4) is 0 Å². The van der Waals surface area contributed by atoms with Crippen LogP contribution in [0.2, 0.25) is 0 Å². The smallest absolute Gasteiger partial charge is 0.140 e. The van der Waals surface area contributed by atoms with E-state index in [2.05, 4.69) is 20.8 Å². The number of aliphatic hydroxyl groups is 2. The van der Waals surface area contributed by atoms with Crippen LogP contribution < -0.4 is 0 Å². The fourth-order valence-corrected chi connectivity index (χ4v) is 0.883. The molecule has 0 rings (SSSR count). The van der Waals surface area contributed by atoms with Crippen LogP contribution in [0.25, 0.3) is 0 Å². The van der Waals surface area contributed by atoms with Gasteiger partial charge in [0, 0.05) is 6.42 Å². The highest BCUT2D eigenvalue weighted by molar-refractivity contribution is 5.48. The molecule has 0 aromatic heterocycles. The van der Waals surface area contributed by atoms with Crippen molar-refractivity contribution < 1.29 is 15.0 Å². The van der Waals surface area contributed by atoms with Crippen molar-refractivity contribution in [2.75, 3.05) is 6.79 Å². The maximum Gasteiger partial charge on any atom is 0.140 e. The van der Waals surface area contributed by atoms with Crippen molar-refractivity contribution in [3.05, 3.63) is 0 Å². The first-order valence-corrected chi connectivity index (χ1v) is 4.63. The van der Waals surface area contributed by atoms with Crippen LogP contribution in [0, 0.1) is 5.41 Å². The van der Waals surface area contributed by atoms with Gasteiger partial charge in [0.2, 0.25) is 0 Å². The highest BCUT2D eigenvalue weighted by atomic mass is 16.5. The Labute approximate surface area is 80.8 Å². The van der Waals surface area contributed by atoms with Crippen molar-refractivity contribution in [2.45, 2.75) is 46.5 Å². The minimum atomic E-state index is -0.750. The Morgan fingerprint density at radius 3 is 1.92 bits per heavy atom. The number of aliphatic hydroxyl groups excluding tert-OH is 1. The van der Waals surface area contributed by atoms with E-state index in [4.69, 9.17) is 10.2 Å². The molecule has 0 fully saturated rings. The number of rotatable bonds is 4. The van der Waals surface area contributed by atoms with Crippen LogP contribution in [0.1, 0.15) is 46.5 Å². The van der Waals surface area contributed by atoms with E-state index in [1.165, 1.54) is 12.8 Å². The second-order valence-electron chi connectivity index (χ2n) is 4.11. The van der Waals surface area contributed by atoms with Gasteiger partial charge in [-0.3, -0.25) is 0 Å². The molecule has 0 aliphatic heterocycles. The number of carbonyl (C=O) groups excluding carboxylic acids is 1. The SMILES string of the molecule is CC(C)(C)CCCCC=O.OCO. The van der Waals surface area contributed by atoms with Gasteiger partial charge in [-0.25, -0.2) is 0 Å². The Balaban J connectivity index is 0. The lowest BCUT2D eigenvalue weighted by Gasteiger charge is -2.16. The van der Waals surface area contributed by atoms with Gasteiger partial charge >= 0.3 is 0 Å². The van der Waals surface area contributed by atoms with E-state index in [0.717, 1.165) is 19.1 Å². The molecule has 0 unspecified atom stereocenters. The molecule has 0 aromatic rings. The normalized spacial score (nSPS) is 10.2. The molecule has 0 atom stereocenters. The van der Waals surface area contributed by atoms with Gasteiger partial charge in [0.1, 0.15) is 13.1 Å². The molecule has 80 valence electrons. The van der Waals surface area contributed by atoms with Crippen LogP contribution in [0.15, 0.2) is 0 Å². The van der Waals surface area contributed by atoms with Crippen LogP contribution in [0.4, 0.5) is 0 Å². The molecule has 0 saturated carbocycles. The summed E-state index contributed by atoms with van der Waals surface area (Å²) < 4.78 is 0. The lowest BCUT2D eigenvalue weighted by Crippen LogP contribution is -2.03. The molecule has 0 spiro atoms. The second-order valence-corrected chi connectivity index (χ2v) is 4.11. The summed E-state index contributed by atoms with van der Waals surface area (Å²) in [6.07, 6.45) is 5.20. The summed E-state index contributed by atoms with van der Waals surface area (Å²) >= 11 is 0. The molecule has 0 aromatic carbocycles. The number of hydrogen-bond acceptors (Lipinski definition) is 3. The molecule has 0 aliphatic rings. The molecule has 0 radical (unpaired) electrons. The molecule has 3 heteroatoms. The van der Waals surface area contributed by atoms with E-state index in [9.17, 15) is 4.79 Å². The van der Waals surface area contributed by atoms with Crippen molar-refractivity contribution >= 4 is 6.29 Å². The van der Waals surface area contributed by atoms with Crippen LogP contribution in [-0.2, 0) is 4.79 Å². The lowest BCUT2D eigenvalue weighted by molar-refractivity contribution is -0.107. The Bertz CT molecular complexity index is 105. The average molecular weight is 190 g/mol. The molecule has 13 heavy (non-hydrogen) atoms. The van der Waals surface area contributed by atoms with Gasteiger partial charge in [0.15, 0.2) is 0 Å². The zero-order valence-corrected chi connectivity index (χ0v) is 8.92. The number of hydrogen-bond donors (Lipinski definition) is 2. The fourth-order valence-electron chi connectivity index (χ4n) is 0.883. The van der Waals surface area contributed by atoms with E-state index >= 15 is 0 Å². The molecule has 0 bridgehead atoms. The monoisotopic (exact) mass is 190 g/mol. The molecular weight excluding hydrogens is 168 g/mol. The lowest BCUT2D eigenvalue weighted by atomic mass is 9.90. The third kappa shape index (κ3) is 24.5. The summed E-state index contributed by atoms with van der Waals surface area (Å²) in [7, 11) is 0. The Morgan fingerprint density at radius 1 is 1.15 bits per heavy atom. The second kappa shape index (κ2) is 9.68. The summed E-state index contributed by atoms with van der Waals surface area (Å²) in [5, 5.41) is 14.2. The third-order valence-corrected chi connectivity index (χ3v) is 1.50. The summed E-state index contributed by atoms with van der Waals surface area (Å²) in [5.41, 5.74) is 0.433. The number of unbranched alkanes of at least 4 members (excludes halogenated alkanes) is 2. The van der Waals surface area contributed by atoms with Gasteiger partial charge in [0.05, 0.1) is 0 Å². The van der Waals surface area contributed by atoms with Gasteiger partial charge < -0.3 is 15.0 Å². The largest absolute Gasteiger partial charge is 0.371 e. The Hall–Kier alpha value is -0.410. The van der Waals surface area contributed by atoms with Crippen LogP contribution >= 0.6 is 0 Å². The van der Waals surface area contributed by atoms with E-state index in [1.807, 2.05) is 0 Å². The van der Waals surface area contributed by atoms with Crippen LogP contribution in [0.5, 0.6) is 0 Å². The van der Waals surface area contributed by atoms with Gasteiger partial charge in [0.25, 0.3) is 0 Å². The maximum atomic E-state index is 9.93. The third-order valence-electron chi connectivity index (χ3n) is 1.50. The average Bonchev–Trinajstić information content (AvgIpc) is 1.98. The molecule has 2 N–H and O–H groups in total. The van der Waals surface area contributed by atoms with Crippen molar-refractivity contribution in [3.63, 3.8) is 0 Å². The predicted octanol–water partition coefficient (Wildman–Crippen LogP) is 1.72. The van der Waals surface area contributed by atoms with Crippen LogP contribution in [-0.4, -0.2) is 23.3 Å². The molecule has 0 saturated heterocycles. The first kappa shape index (κ1) is 15.1.